The molecule has 1 aromatic rings. The maximum absolute atomic E-state index is 14.0. The van der Waals surface area contributed by atoms with Gasteiger partial charge in [0.25, 0.3) is 0 Å². The Bertz CT molecular complexity index is 1560. The Kier molecular flexibility index (Phi) is 33.2. The van der Waals surface area contributed by atoms with Crippen LogP contribution in [0.1, 0.15) is 98.0 Å². The number of amides is 3. The summed E-state index contributed by atoms with van der Waals surface area (Å²) in [5.74, 6) is -5.51. The molecule has 0 bridgehead atoms. The van der Waals surface area contributed by atoms with Crippen LogP contribution in [-0.2, 0) is 54.1 Å². The molecule has 0 spiro atoms. The van der Waals surface area contributed by atoms with Crippen molar-refractivity contribution >= 4 is 41.0 Å². The van der Waals surface area contributed by atoms with E-state index in [1.807, 2.05) is 37.3 Å². The number of benzene rings is 1. The van der Waals surface area contributed by atoms with Crippen molar-refractivity contribution in [2.24, 2.45) is 39.9 Å². The van der Waals surface area contributed by atoms with Crippen molar-refractivity contribution in [2.45, 2.75) is 123 Å². The molecule has 0 unspecified atom stereocenters. The van der Waals surface area contributed by atoms with Crippen LogP contribution in [0.5, 0.6) is 0 Å². The lowest BCUT2D eigenvalue weighted by molar-refractivity contribution is -0.136. The molecule has 0 radical (unpaired) electrons. The summed E-state index contributed by atoms with van der Waals surface area (Å²) in [6.07, 6.45) is 2.32. The van der Waals surface area contributed by atoms with Gasteiger partial charge in [0.1, 0.15) is 6.61 Å². The van der Waals surface area contributed by atoms with Crippen LogP contribution < -0.4 is 38.5 Å². The molecule has 11 N–H and O–H groups in total. The van der Waals surface area contributed by atoms with Crippen molar-refractivity contribution < 1.29 is 52.8 Å². The number of unbranched alkanes of at least 4 members (excludes halogenated alkanes) is 1. The summed E-state index contributed by atoms with van der Waals surface area (Å²) < 4.78 is 22.0. The number of guanidine groups is 1. The predicted molar refractivity (Wildman–Crippen MR) is 253 cm³/mol. The average molecular weight is 935 g/mol. The predicted octanol–water partition coefficient (Wildman–Crippen LogP) is 1.10. The number of rotatable bonds is 41. The third kappa shape index (κ3) is 28.0. The summed E-state index contributed by atoms with van der Waals surface area (Å²) in [7, 11) is 0. The maximum Gasteiger partial charge on any atom is 0.246 e. The Morgan fingerprint density at radius 1 is 0.697 bits per heavy atom. The highest BCUT2D eigenvalue weighted by molar-refractivity contribution is 5.96. The highest BCUT2D eigenvalue weighted by Crippen LogP contribution is 2.19. The molecule has 19 nitrogen and oxygen atoms in total. The largest absolute Gasteiger partial charge is 0.396 e. The molecule has 376 valence electrons. The normalized spacial score (nSPS) is 13.7. The number of nitrogens with one attached hydrogen (secondary N) is 4. The summed E-state index contributed by atoms with van der Waals surface area (Å²) >= 11 is 0. The maximum atomic E-state index is 14.0. The molecule has 3 amide bonds. The number of Topliss-reactive ketones (excluding diaryl/α,β-unsaturated/α-hetero) is 3. The first-order valence-corrected chi connectivity index (χ1v) is 23.6. The Hall–Kier alpha value is -4.37. The summed E-state index contributed by atoms with van der Waals surface area (Å²) in [5, 5.41) is 21.9. The lowest BCUT2D eigenvalue weighted by Gasteiger charge is -2.27. The fraction of sp³-hybridized carbons (Fsp3) is 0.723. The number of carbonyl (C=O) groups excluding carboxylic acids is 6. The topological polar surface area (TPSA) is 298 Å². The quantitative estimate of drug-likeness (QED) is 0.0259. The zero-order valence-electron chi connectivity index (χ0n) is 40.2. The van der Waals surface area contributed by atoms with Gasteiger partial charge in [-0.2, -0.15) is 0 Å². The molecular formula is C47H82N8O11. The number of hydrogen-bond donors (Lipinski definition) is 8. The van der Waals surface area contributed by atoms with Gasteiger partial charge in [-0.05, 0) is 63.0 Å². The molecule has 1 aromatic carbocycles. The summed E-state index contributed by atoms with van der Waals surface area (Å²) in [6.45, 7) is 12.4. The highest BCUT2D eigenvalue weighted by atomic mass is 16.6. The number of aliphatic hydroxyl groups is 1. The number of ether oxygens (including phenoxy) is 4. The van der Waals surface area contributed by atoms with Crippen LogP contribution in [0.15, 0.2) is 35.3 Å². The third-order valence-electron chi connectivity index (χ3n) is 10.5. The molecule has 0 aliphatic rings. The van der Waals surface area contributed by atoms with Crippen molar-refractivity contribution in [1.29, 1.82) is 0 Å². The van der Waals surface area contributed by atoms with Crippen LogP contribution in [0.3, 0.4) is 0 Å². The lowest BCUT2D eigenvalue weighted by atomic mass is 9.89. The van der Waals surface area contributed by atoms with E-state index in [0.29, 0.717) is 71.3 Å². The van der Waals surface area contributed by atoms with Crippen LogP contribution in [0.25, 0.3) is 0 Å². The zero-order valence-corrected chi connectivity index (χ0v) is 40.2. The number of hydrogen-bond acceptors (Lipinski definition) is 14. The van der Waals surface area contributed by atoms with E-state index in [2.05, 4.69) is 40.1 Å². The number of aliphatic imine (C=N–C) groups is 1. The molecule has 0 aliphatic heterocycles. The Morgan fingerprint density at radius 3 is 1.88 bits per heavy atom. The minimum atomic E-state index is -1.19. The van der Waals surface area contributed by atoms with Gasteiger partial charge in [-0.15, -0.1) is 0 Å². The molecule has 0 aromatic heterocycles. The fourth-order valence-electron chi connectivity index (χ4n) is 6.85. The standard InChI is InChI=1S/C47H82N8O11/c1-6-13-40(57)39(28-35-14-8-7-9-15-35)54-46(62)37(31-56)30-42(59)44(33(2)3)55-45(61)36(16-12-19-52-47(49)50)29-41(58)38(17-10-11-18-48)53-43(60)32-66-27-26-65-25-24-64-23-22-63-21-20-51-34(4)5/h7-9,14-15,33-34,36-39,44,51,56H,6,10-13,16-32,48H2,1-5H3,(H,53,60)(H,54,62)(H,55,61)(H4,49,50,52)/t36-,37+,38+,39+,44+/m1/s1. The van der Waals surface area contributed by atoms with E-state index < -0.39 is 78.2 Å². The van der Waals surface area contributed by atoms with Gasteiger partial charge in [-0.1, -0.05) is 65.0 Å². The Morgan fingerprint density at radius 2 is 1.30 bits per heavy atom. The molecule has 0 aliphatic carbocycles. The van der Waals surface area contributed by atoms with Crippen LogP contribution in [0.2, 0.25) is 0 Å². The first-order valence-electron chi connectivity index (χ1n) is 23.6. The summed E-state index contributed by atoms with van der Waals surface area (Å²) in [5.41, 5.74) is 17.6. The number of ketones is 3. The van der Waals surface area contributed by atoms with Gasteiger partial charge in [0.2, 0.25) is 17.7 Å². The molecule has 0 heterocycles. The smallest absolute Gasteiger partial charge is 0.246 e. The van der Waals surface area contributed by atoms with Crippen molar-refractivity contribution in [3.05, 3.63) is 35.9 Å². The van der Waals surface area contributed by atoms with Gasteiger partial charge in [-0.25, -0.2) is 0 Å². The van der Waals surface area contributed by atoms with Gasteiger partial charge in [0, 0.05) is 44.3 Å². The van der Waals surface area contributed by atoms with Gasteiger partial charge in [0.05, 0.1) is 76.9 Å². The van der Waals surface area contributed by atoms with E-state index in [-0.39, 0.29) is 70.2 Å². The van der Waals surface area contributed by atoms with E-state index in [1.54, 1.807) is 13.8 Å². The molecule has 5 atom stereocenters. The second kappa shape index (κ2) is 36.7. The molecule has 0 saturated carbocycles. The van der Waals surface area contributed by atoms with E-state index >= 15 is 0 Å². The van der Waals surface area contributed by atoms with E-state index in [1.165, 1.54) is 0 Å². The number of carbonyl (C=O) groups is 6. The first kappa shape index (κ1) is 59.6. The number of aliphatic hydroxyl groups excluding tert-OH is 1. The second-order valence-corrected chi connectivity index (χ2v) is 17.0. The summed E-state index contributed by atoms with van der Waals surface area (Å²) in [6, 6.07) is 6.75. The van der Waals surface area contributed by atoms with E-state index in [0.717, 1.165) is 12.1 Å². The Balaban J connectivity index is 2.93. The van der Waals surface area contributed by atoms with Gasteiger partial charge in [0.15, 0.2) is 23.3 Å². The van der Waals surface area contributed by atoms with Crippen molar-refractivity contribution in [1.82, 2.24) is 21.3 Å². The molecule has 1 rings (SSSR count). The van der Waals surface area contributed by atoms with Crippen LogP contribution in [-0.4, -0.2) is 149 Å². The molecular weight excluding hydrogens is 853 g/mol. The number of nitrogens with zero attached hydrogens (tertiary/aromatic N) is 1. The van der Waals surface area contributed by atoms with E-state index in [4.69, 9.17) is 36.1 Å². The van der Waals surface area contributed by atoms with Gasteiger partial charge >= 0.3 is 0 Å². The lowest BCUT2D eigenvalue weighted by Crippen LogP contribution is -2.50. The van der Waals surface area contributed by atoms with Gasteiger partial charge in [-0.3, -0.25) is 33.8 Å². The Labute approximate surface area is 392 Å². The molecule has 66 heavy (non-hydrogen) atoms. The average Bonchev–Trinajstić information content (AvgIpc) is 3.27. The fourth-order valence-corrected chi connectivity index (χ4v) is 6.85. The monoisotopic (exact) mass is 935 g/mol. The molecule has 0 saturated heterocycles. The van der Waals surface area contributed by atoms with Crippen molar-refractivity contribution in [3.8, 4) is 0 Å². The third-order valence-corrected chi connectivity index (χ3v) is 10.5. The highest BCUT2D eigenvalue weighted by Gasteiger charge is 2.34. The van der Waals surface area contributed by atoms with Crippen LogP contribution >= 0.6 is 0 Å². The van der Waals surface area contributed by atoms with E-state index in [9.17, 15) is 33.9 Å². The minimum absolute atomic E-state index is 0.131. The van der Waals surface area contributed by atoms with Crippen molar-refractivity contribution in [2.75, 3.05) is 79.1 Å². The zero-order chi connectivity index (χ0) is 49.1. The summed E-state index contributed by atoms with van der Waals surface area (Å²) in [4.78, 5) is 85.2. The molecule has 0 fully saturated rings. The SMILES string of the molecule is CCCC(=O)[C@H](Cc1ccccc1)NC(=O)[C@H](CO)CC(=O)[C@@H](NC(=O)[C@H](CCCN=C(N)N)CC(=O)[C@H](CCCCN)NC(=O)COCCOCCOCCOCCNC(C)C)C(C)C. The minimum Gasteiger partial charge on any atom is -0.396 e. The van der Waals surface area contributed by atoms with Crippen LogP contribution in [0.4, 0.5) is 0 Å². The van der Waals surface area contributed by atoms with Crippen LogP contribution in [0, 0.1) is 17.8 Å². The van der Waals surface area contributed by atoms with Gasteiger partial charge < -0.3 is 62.5 Å². The van der Waals surface area contributed by atoms with Crippen molar-refractivity contribution in [3.63, 3.8) is 0 Å². The molecule has 19 heteroatoms. The number of nitrogens with two attached hydrogens (primary N) is 3. The second-order valence-electron chi connectivity index (χ2n) is 17.0. The first-order chi connectivity index (χ1) is 31.6.